The molecule has 1 aromatic heterocycles. The Kier molecular flexibility index (Phi) is 4.70. The van der Waals surface area contributed by atoms with Gasteiger partial charge in [-0.1, -0.05) is 6.07 Å². The maximum atomic E-state index is 12.0. The Morgan fingerprint density at radius 1 is 1.55 bits per heavy atom. The van der Waals surface area contributed by atoms with Crippen molar-refractivity contribution in [1.82, 2.24) is 10.2 Å². The molecule has 2 atom stereocenters. The van der Waals surface area contributed by atoms with Crippen molar-refractivity contribution in [3.8, 4) is 0 Å². The summed E-state index contributed by atoms with van der Waals surface area (Å²) in [6.07, 6.45) is 0.778. The maximum absolute atomic E-state index is 12.0. The van der Waals surface area contributed by atoms with Crippen LogP contribution in [0.1, 0.15) is 45.0 Å². The van der Waals surface area contributed by atoms with E-state index in [2.05, 4.69) is 29.8 Å². The lowest BCUT2D eigenvalue weighted by Crippen LogP contribution is -2.38. The molecule has 1 amide bonds. The fourth-order valence-corrected chi connectivity index (χ4v) is 3.11. The van der Waals surface area contributed by atoms with Gasteiger partial charge in [0.1, 0.15) is 5.60 Å². The summed E-state index contributed by atoms with van der Waals surface area (Å²) >= 11 is 1.76. The van der Waals surface area contributed by atoms with Crippen LogP contribution in [0, 0.1) is 0 Å². The van der Waals surface area contributed by atoms with Gasteiger partial charge in [-0.15, -0.1) is 11.3 Å². The highest BCUT2D eigenvalue weighted by Gasteiger charge is 2.30. The SMILES string of the molecule is CC(N[C@H]1CCN(C(=O)OC(C)(C)C)C1)c1cccs1. The van der Waals surface area contributed by atoms with Crippen molar-refractivity contribution >= 4 is 17.4 Å². The molecule has 2 rings (SSSR count). The van der Waals surface area contributed by atoms with E-state index in [1.54, 1.807) is 16.2 Å². The van der Waals surface area contributed by atoms with E-state index in [0.717, 1.165) is 19.5 Å². The number of carbonyl (C=O) groups excluding carboxylic acids is 1. The minimum atomic E-state index is -0.424. The van der Waals surface area contributed by atoms with Gasteiger partial charge in [-0.25, -0.2) is 4.79 Å². The number of carbonyl (C=O) groups is 1. The third-order valence-corrected chi connectivity index (χ3v) is 4.35. The van der Waals surface area contributed by atoms with E-state index in [1.165, 1.54) is 4.88 Å². The lowest BCUT2D eigenvalue weighted by Gasteiger charge is -2.25. The summed E-state index contributed by atoms with van der Waals surface area (Å²) in [5.74, 6) is 0. The third kappa shape index (κ3) is 4.21. The highest BCUT2D eigenvalue weighted by Crippen LogP contribution is 2.21. The van der Waals surface area contributed by atoms with Gasteiger partial charge in [0.25, 0.3) is 0 Å². The monoisotopic (exact) mass is 296 g/mol. The van der Waals surface area contributed by atoms with Gasteiger partial charge in [-0.2, -0.15) is 0 Å². The minimum absolute atomic E-state index is 0.203. The lowest BCUT2D eigenvalue weighted by atomic mass is 10.2. The minimum Gasteiger partial charge on any atom is -0.444 e. The molecule has 0 aliphatic carbocycles. The van der Waals surface area contributed by atoms with E-state index in [-0.39, 0.29) is 6.09 Å². The highest BCUT2D eigenvalue weighted by molar-refractivity contribution is 7.10. The second-order valence-corrected chi connectivity index (χ2v) is 7.30. The molecule has 0 radical (unpaired) electrons. The number of hydrogen-bond acceptors (Lipinski definition) is 4. The Hall–Kier alpha value is -1.07. The summed E-state index contributed by atoms with van der Waals surface area (Å²) in [5, 5.41) is 5.68. The molecule has 1 fully saturated rings. The van der Waals surface area contributed by atoms with Crippen LogP contribution in [0.5, 0.6) is 0 Å². The summed E-state index contributed by atoms with van der Waals surface area (Å²) in [7, 11) is 0. The molecule has 5 heteroatoms. The third-order valence-electron chi connectivity index (χ3n) is 3.30. The van der Waals surface area contributed by atoms with E-state index < -0.39 is 5.60 Å². The van der Waals surface area contributed by atoms with E-state index in [1.807, 2.05) is 20.8 Å². The first-order valence-corrected chi connectivity index (χ1v) is 8.00. The van der Waals surface area contributed by atoms with Crippen molar-refractivity contribution in [3.05, 3.63) is 22.4 Å². The van der Waals surface area contributed by atoms with Crippen molar-refractivity contribution in [2.24, 2.45) is 0 Å². The smallest absolute Gasteiger partial charge is 0.410 e. The van der Waals surface area contributed by atoms with Gasteiger partial charge in [-0.05, 0) is 45.6 Å². The Morgan fingerprint density at radius 2 is 2.30 bits per heavy atom. The van der Waals surface area contributed by atoms with Gasteiger partial charge < -0.3 is 15.0 Å². The quantitative estimate of drug-likeness (QED) is 0.929. The Bertz CT molecular complexity index is 439. The van der Waals surface area contributed by atoms with Crippen LogP contribution in [-0.2, 0) is 4.74 Å². The van der Waals surface area contributed by atoms with Gasteiger partial charge in [0.05, 0.1) is 0 Å². The van der Waals surface area contributed by atoms with Gasteiger partial charge in [0.2, 0.25) is 0 Å². The van der Waals surface area contributed by atoms with Crippen molar-refractivity contribution in [3.63, 3.8) is 0 Å². The number of nitrogens with one attached hydrogen (secondary N) is 1. The van der Waals surface area contributed by atoms with Gasteiger partial charge in [0, 0.05) is 30.1 Å². The van der Waals surface area contributed by atoms with Crippen molar-refractivity contribution < 1.29 is 9.53 Å². The number of ether oxygens (including phenoxy) is 1. The number of likely N-dealkylation sites (tertiary alicyclic amines) is 1. The molecule has 1 aliphatic rings. The fraction of sp³-hybridized carbons (Fsp3) is 0.667. The summed E-state index contributed by atoms with van der Waals surface area (Å²) in [6, 6.07) is 4.89. The molecule has 20 heavy (non-hydrogen) atoms. The van der Waals surface area contributed by atoms with E-state index in [0.29, 0.717) is 12.1 Å². The normalized spacial score (nSPS) is 21.0. The maximum Gasteiger partial charge on any atom is 0.410 e. The Labute approximate surface area is 125 Å². The molecule has 1 aliphatic heterocycles. The molecule has 1 aromatic rings. The molecule has 1 unspecified atom stereocenters. The number of hydrogen-bond donors (Lipinski definition) is 1. The predicted molar refractivity (Wildman–Crippen MR) is 82.1 cm³/mol. The fourth-order valence-electron chi connectivity index (χ4n) is 2.36. The number of rotatable bonds is 3. The van der Waals surface area contributed by atoms with Crippen LogP contribution in [0.25, 0.3) is 0 Å². The first kappa shape index (κ1) is 15.3. The van der Waals surface area contributed by atoms with E-state index in [4.69, 9.17) is 4.74 Å². The first-order chi connectivity index (χ1) is 9.35. The number of thiophene rings is 1. The standard InChI is InChI=1S/C15H24N2O2S/c1-11(13-6-5-9-20-13)16-12-7-8-17(10-12)14(18)19-15(2,3)4/h5-6,9,11-12,16H,7-8,10H2,1-4H3/t11?,12-/m0/s1. The van der Waals surface area contributed by atoms with Crippen LogP contribution in [0.3, 0.4) is 0 Å². The van der Waals surface area contributed by atoms with Crippen LogP contribution in [-0.4, -0.2) is 35.7 Å². The molecular weight excluding hydrogens is 272 g/mol. The number of amides is 1. The molecule has 1 saturated heterocycles. The van der Waals surface area contributed by atoms with Gasteiger partial charge in [-0.3, -0.25) is 0 Å². The Balaban J connectivity index is 1.82. The van der Waals surface area contributed by atoms with Crippen LogP contribution in [0.4, 0.5) is 4.79 Å². The van der Waals surface area contributed by atoms with Crippen LogP contribution in [0.15, 0.2) is 17.5 Å². The largest absolute Gasteiger partial charge is 0.444 e. The predicted octanol–water partition coefficient (Wildman–Crippen LogP) is 3.41. The lowest BCUT2D eigenvalue weighted by molar-refractivity contribution is 0.0290. The van der Waals surface area contributed by atoms with Gasteiger partial charge >= 0.3 is 6.09 Å². The molecule has 4 nitrogen and oxygen atoms in total. The zero-order valence-corrected chi connectivity index (χ0v) is 13.5. The molecular formula is C15H24N2O2S. The Morgan fingerprint density at radius 3 is 2.90 bits per heavy atom. The second kappa shape index (κ2) is 6.14. The van der Waals surface area contributed by atoms with Crippen molar-refractivity contribution in [1.29, 1.82) is 0 Å². The first-order valence-electron chi connectivity index (χ1n) is 7.12. The van der Waals surface area contributed by atoms with Crippen LogP contribution >= 0.6 is 11.3 Å². The zero-order chi connectivity index (χ0) is 14.8. The highest BCUT2D eigenvalue weighted by atomic mass is 32.1. The molecule has 0 spiro atoms. The molecule has 2 heterocycles. The average molecular weight is 296 g/mol. The summed E-state index contributed by atoms with van der Waals surface area (Å²) in [4.78, 5) is 15.1. The van der Waals surface area contributed by atoms with E-state index >= 15 is 0 Å². The average Bonchev–Trinajstić information content (AvgIpc) is 2.97. The van der Waals surface area contributed by atoms with Crippen LogP contribution in [0.2, 0.25) is 0 Å². The summed E-state index contributed by atoms with van der Waals surface area (Å²) in [6.45, 7) is 9.36. The van der Waals surface area contributed by atoms with Crippen LogP contribution < -0.4 is 5.32 Å². The summed E-state index contributed by atoms with van der Waals surface area (Å²) in [5.41, 5.74) is -0.424. The van der Waals surface area contributed by atoms with Crippen molar-refractivity contribution in [2.45, 2.75) is 51.8 Å². The van der Waals surface area contributed by atoms with E-state index in [9.17, 15) is 4.79 Å². The second-order valence-electron chi connectivity index (χ2n) is 6.32. The molecule has 1 N–H and O–H groups in total. The topological polar surface area (TPSA) is 41.6 Å². The molecule has 112 valence electrons. The molecule has 0 saturated carbocycles. The molecule has 0 bridgehead atoms. The molecule has 0 aromatic carbocycles. The zero-order valence-electron chi connectivity index (χ0n) is 12.7. The van der Waals surface area contributed by atoms with Crippen molar-refractivity contribution in [2.75, 3.05) is 13.1 Å². The summed E-state index contributed by atoms with van der Waals surface area (Å²) < 4.78 is 5.41. The number of nitrogens with zero attached hydrogens (tertiary/aromatic N) is 1. The van der Waals surface area contributed by atoms with Gasteiger partial charge in [0.15, 0.2) is 0 Å².